The van der Waals surface area contributed by atoms with E-state index in [4.69, 9.17) is 4.74 Å². The standard InChI is InChI=1S/C14H25NO3/c1-2-8-15-14(13(16)17,12-5-6-12)10-18-9-7-11-3-4-11/h11-12,15H,2-10H2,1H3,(H,16,17). The van der Waals surface area contributed by atoms with Crippen LogP contribution >= 0.6 is 0 Å². The molecule has 1 atom stereocenters. The van der Waals surface area contributed by atoms with Gasteiger partial charge in [0.15, 0.2) is 0 Å². The quantitative estimate of drug-likeness (QED) is 0.586. The summed E-state index contributed by atoms with van der Waals surface area (Å²) >= 11 is 0. The zero-order chi connectivity index (χ0) is 13.0. The molecule has 0 saturated heterocycles. The second-order valence-corrected chi connectivity index (χ2v) is 5.76. The summed E-state index contributed by atoms with van der Waals surface area (Å²) in [5, 5.41) is 12.8. The van der Waals surface area contributed by atoms with Crippen molar-refractivity contribution in [1.29, 1.82) is 0 Å². The minimum atomic E-state index is -0.834. The SMILES string of the molecule is CCCNC(COCCC1CC1)(C(=O)O)C1CC1. The molecule has 18 heavy (non-hydrogen) atoms. The number of aliphatic carboxylic acids is 1. The highest BCUT2D eigenvalue weighted by Crippen LogP contribution is 2.40. The van der Waals surface area contributed by atoms with E-state index in [1.165, 1.54) is 12.8 Å². The van der Waals surface area contributed by atoms with E-state index >= 15 is 0 Å². The number of hydrogen-bond acceptors (Lipinski definition) is 3. The zero-order valence-electron chi connectivity index (χ0n) is 11.3. The van der Waals surface area contributed by atoms with Crippen LogP contribution in [0.1, 0.15) is 45.4 Å². The van der Waals surface area contributed by atoms with Crippen molar-refractivity contribution in [2.45, 2.75) is 51.0 Å². The zero-order valence-corrected chi connectivity index (χ0v) is 11.3. The Balaban J connectivity index is 1.82. The first-order valence-electron chi connectivity index (χ1n) is 7.25. The maximum absolute atomic E-state index is 11.6. The van der Waals surface area contributed by atoms with Gasteiger partial charge < -0.3 is 9.84 Å². The summed E-state index contributed by atoms with van der Waals surface area (Å²) in [6.07, 6.45) is 6.70. The van der Waals surface area contributed by atoms with Crippen LogP contribution in [0.15, 0.2) is 0 Å². The molecule has 0 aromatic carbocycles. The van der Waals surface area contributed by atoms with E-state index in [0.29, 0.717) is 13.2 Å². The fourth-order valence-electron chi connectivity index (χ4n) is 2.44. The van der Waals surface area contributed by atoms with Crippen LogP contribution < -0.4 is 5.32 Å². The molecule has 0 aromatic heterocycles. The molecule has 2 fully saturated rings. The fourth-order valence-corrected chi connectivity index (χ4v) is 2.44. The van der Waals surface area contributed by atoms with Crippen LogP contribution in [0.25, 0.3) is 0 Å². The van der Waals surface area contributed by atoms with Crippen molar-refractivity contribution in [1.82, 2.24) is 5.32 Å². The first-order valence-corrected chi connectivity index (χ1v) is 7.25. The number of hydrogen-bond donors (Lipinski definition) is 2. The maximum Gasteiger partial charge on any atom is 0.326 e. The normalized spacial score (nSPS) is 22.7. The van der Waals surface area contributed by atoms with Gasteiger partial charge in [-0.05, 0) is 44.1 Å². The topological polar surface area (TPSA) is 58.6 Å². The van der Waals surface area contributed by atoms with Crippen molar-refractivity contribution >= 4 is 5.97 Å². The lowest BCUT2D eigenvalue weighted by atomic mass is 9.94. The Morgan fingerprint density at radius 3 is 2.61 bits per heavy atom. The van der Waals surface area contributed by atoms with Crippen molar-refractivity contribution in [2.24, 2.45) is 11.8 Å². The van der Waals surface area contributed by atoms with Crippen LogP contribution in [0.5, 0.6) is 0 Å². The van der Waals surface area contributed by atoms with Crippen molar-refractivity contribution in [3.8, 4) is 0 Å². The van der Waals surface area contributed by atoms with Gasteiger partial charge in [-0.1, -0.05) is 19.8 Å². The molecule has 2 aliphatic carbocycles. The lowest BCUT2D eigenvalue weighted by Gasteiger charge is -2.30. The monoisotopic (exact) mass is 255 g/mol. The van der Waals surface area contributed by atoms with Crippen LogP contribution in [-0.2, 0) is 9.53 Å². The van der Waals surface area contributed by atoms with Gasteiger partial charge in [-0.2, -0.15) is 0 Å². The summed E-state index contributed by atoms with van der Waals surface area (Å²) in [7, 11) is 0. The summed E-state index contributed by atoms with van der Waals surface area (Å²) in [4.78, 5) is 11.6. The third kappa shape index (κ3) is 3.45. The fraction of sp³-hybridized carbons (Fsp3) is 0.929. The van der Waals surface area contributed by atoms with E-state index in [9.17, 15) is 9.90 Å². The first-order chi connectivity index (χ1) is 8.69. The number of carboxylic acids is 1. The van der Waals surface area contributed by atoms with E-state index in [1.807, 2.05) is 0 Å². The molecule has 0 aromatic rings. The van der Waals surface area contributed by atoms with Crippen LogP contribution in [-0.4, -0.2) is 36.4 Å². The molecular formula is C14H25NO3. The Morgan fingerprint density at radius 2 is 2.11 bits per heavy atom. The van der Waals surface area contributed by atoms with Gasteiger partial charge in [-0.15, -0.1) is 0 Å². The first kappa shape index (κ1) is 13.8. The molecule has 0 radical (unpaired) electrons. The summed E-state index contributed by atoms with van der Waals surface area (Å²) in [6.45, 7) is 3.83. The minimum Gasteiger partial charge on any atom is -0.480 e. The van der Waals surface area contributed by atoms with E-state index in [-0.39, 0.29) is 5.92 Å². The molecule has 0 spiro atoms. The Labute approximate surface area is 109 Å². The second kappa shape index (κ2) is 6.02. The third-order valence-electron chi connectivity index (χ3n) is 4.04. The van der Waals surface area contributed by atoms with E-state index in [2.05, 4.69) is 12.2 Å². The number of ether oxygens (including phenoxy) is 1. The average molecular weight is 255 g/mol. The van der Waals surface area contributed by atoms with Gasteiger partial charge in [0.25, 0.3) is 0 Å². The lowest BCUT2D eigenvalue weighted by Crippen LogP contribution is -2.57. The van der Waals surface area contributed by atoms with Crippen molar-refractivity contribution in [3.05, 3.63) is 0 Å². The molecule has 0 heterocycles. The average Bonchev–Trinajstić information content (AvgIpc) is 3.20. The van der Waals surface area contributed by atoms with Crippen molar-refractivity contribution < 1.29 is 14.6 Å². The Bertz CT molecular complexity index is 287. The third-order valence-corrected chi connectivity index (χ3v) is 4.04. The van der Waals surface area contributed by atoms with E-state index in [1.54, 1.807) is 0 Å². The summed E-state index contributed by atoms with van der Waals surface area (Å²) in [5.74, 6) is 0.348. The van der Waals surface area contributed by atoms with Gasteiger partial charge in [-0.3, -0.25) is 10.1 Å². The molecule has 104 valence electrons. The molecule has 4 heteroatoms. The van der Waals surface area contributed by atoms with Gasteiger partial charge in [0.05, 0.1) is 6.61 Å². The molecule has 0 bridgehead atoms. The van der Waals surface area contributed by atoms with E-state index in [0.717, 1.165) is 38.1 Å². The summed E-state index contributed by atoms with van der Waals surface area (Å²) in [5.41, 5.74) is -0.834. The summed E-state index contributed by atoms with van der Waals surface area (Å²) in [6, 6.07) is 0. The molecular weight excluding hydrogens is 230 g/mol. The van der Waals surface area contributed by atoms with Crippen molar-refractivity contribution in [2.75, 3.05) is 19.8 Å². The predicted molar refractivity (Wildman–Crippen MR) is 69.5 cm³/mol. The van der Waals surface area contributed by atoms with E-state index < -0.39 is 11.5 Å². The summed E-state index contributed by atoms with van der Waals surface area (Å²) < 4.78 is 5.67. The molecule has 0 amide bonds. The van der Waals surface area contributed by atoms with Crippen molar-refractivity contribution in [3.63, 3.8) is 0 Å². The highest BCUT2D eigenvalue weighted by Gasteiger charge is 2.51. The molecule has 0 aliphatic heterocycles. The molecule has 1 unspecified atom stereocenters. The second-order valence-electron chi connectivity index (χ2n) is 5.76. The van der Waals surface area contributed by atoms with Gasteiger partial charge >= 0.3 is 5.97 Å². The van der Waals surface area contributed by atoms with Crippen LogP contribution in [0.2, 0.25) is 0 Å². The Kier molecular flexibility index (Phi) is 4.62. The number of nitrogens with one attached hydrogen (secondary N) is 1. The Hall–Kier alpha value is -0.610. The smallest absolute Gasteiger partial charge is 0.326 e. The van der Waals surface area contributed by atoms with Crippen LogP contribution in [0.3, 0.4) is 0 Å². The maximum atomic E-state index is 11.6. The molecule has 4 nitrogen and oxygen atoms in total. The largest absolute Gasteiger partial charge is 0.480 e. The van der Waals surface area contributed by atoms with Gasteiger partial charge in [0, 0.05) is 6.61 Å². The highest BCUT2D eigenvalue weighted by molar-refractivity contribution is 5.80. The lowest BCUT2D eigenvalue weighted by molar-refractivity contribution is -0.149. The van der Waals surface area contributed by atoms with Gasteiger partial charge in [0.1, 0.15) is 5.54 Å². The molecule has 2 N–H and O–H groups in total. The number of carbonyl (C=O) groups is 1. The van der Waals surface area contributed by atoms with Gasteiger partial charge in [0.2, 0.25) is 0 Å². The highest BCUT2D eigenvalue weighted by atomic mass is 16.5. The van der Waals surface area contributed by atoms with Crippen LogP contribution in [0.4, 0.5) is 0 Å². The number of carboxylic acid groups (broad SMARTS) is 1. The molecule has 2 saturated carbocycles. The van der Waals surface area contributed by atoms with Crippen LogP contribution in [0, 0.1) is 11.8 Å². The minimum absolute atomic E-state index is 0.252. The predicted octanol–water partition coefficient (Wildman–Crippen LogP) is 2.04. The molecule has 2 aliphatic rings. The number of rotatable bonds is 10. The Morgan fingerprint density at radius 1 is 1.39 bits per heavy atom. The molecule has 2 rings (SSSR count). The van der Waals surface area contributed by atoms with Gasteiger partial charge in [-0.25, -0.2) is 0 Å².